The maximum atomic E-state index is 4.33. The Morgan fingerprint density at radius 2 is 1.87 bits per heavy atom. The molecule has 15 heavy (non-hydrogen) atoms. The van der Waals surface area contributed by atoms with Crippen molar-refractivity contribution in [3.63, 3.8) is 0 Å². The molecule has 0 heterocycles. The average Bonchev–Trinajstić information content (AvgIpc) is 2.31. The lowest BCUT2D eigenvalue weighted by atomic mass is 9.55. The van der Waals surface area contributed by atoms with E-state index in [-0.39, 0.29) is 11.0 Å². The van der Waals surface area contributed by atoms with Crippen LogP contribution < -0.4 is 0 Å². The van der Waals surface area contributed by atoms with Gasteiger partial charge in [0, 0.05) is 12.5 Å². The van der Waals surface area contributed by atoms with Gasteiger partial charge in [-0.25, -0.2) is 0 Å². The van der Waals surface area contributed by atoms with E-state index in [1.165, 1.54) is 5.57 Å². The molecule has 2 atom stereocenters. The van der Waals surface area contributed by atoms with E-state index >= 15 is 0 Å². The highest BCUT2D eigenvalue weighted by atomic mass is 15.1. The maximum Gasteiger partial charge on any atom is 0.111 e. The predicted molar refractivity (Wildman–Crippen MR) is 62.8 cm³/mol. The minimum atomic E-state index is -0.243. The highest BCUT2D eigenvalue weighted by molar-refractivity contribution is 5.56. The largest absolute Gasteiger partial charge is 0.197 e. The Hall–Kier alpha value is -1.44. The third-order valence-electron chi connectivity index (χ3n) is 3.66. The van der Waals surface area contributed by atoms with Gasteiger partial charge in [0.25, 0.3) is 0 Å². The highest BCUT2D eigenvalue weighted by Gasteiger charge is 2.54. The third-order valence-corrected chi connectivity index (χ3v) is 3.66. The van der Waals surface area contributed by atoms with Gasteiger partial charge >= 0.3 is 0 Å². The quantitative estimate of drug-likeness (QED) is 0.579. The second-order valence-electron chi connectivity index (χ2n) is 4.42. The Morgan fingerprint density at radius 3 is 2.53 bits per heavy atom. The molecular formula is C13H16N2. The van der Waals surface area contributed by atoms with Gasteiger partial charge in [-0.15, -0.1) is 0 Å². The Labute approximate surface area is 90.8 Å². The monoisotopic (exact) mass is 200 g/mol. The topological polar surface area (TPSA) is 24.7 Å². The lowest BCUT2D eigenvalue weighted by Crippen LogP contribution is -2.50. The fraction of sp³-hybridized carbons (Fsp3) is 0.385. The molecule has 0 radical (unpaired) electrons. The van der Waals surface area contributed by atoms with E-state index in [1.54, 1.807) is 7.05 Å². The van der Waals surface area contributed by atoms with Gasteiger partial charge in [0.15, 0.2) is 0 Å². The Balaban J connectivity index is 2.54. The second-order valence-corrected chi connectivity index (χ2v) is 4.42. The average molecular weight is 200 g/mol. The number of rotatable bonds is 1. The molecule has 0 bridgehead atoms. The number of hydrogen-bond acceptors (Lipinski definition) is 2. The lowest BCUT2D eigenvalue weighted by molar-refractivity contribution is 0.266. The van der Waals surface area contributed by atoms with Gasteiger partial charge in [-0.2, -0.15) is 10.2 Å². The molecule has 2 unspecified atom stereocenters. The summed E-state index contributed by atoms with van der Waals surface area (Å²) in [6.07, 6.45) is 10.4. The van der Waals surface area contributed by atoms with E-state index in [9.17, 15) is 0 Å². The summed E-state index contributed by atoms with van der Waals surface area (Å²) in [4.78, 5) is 0. The van der Waals surface area contributed by atoms with Crippen LogP contribution in [0, 0.1) is 5.41 Å². The van der Waals surface area contributed by atoms with E-state index in [0.717, 1.165) is 5.57 Å². The van der Waals surface area contributed by atoms with Crippen LogP contribution in [0.5, 0.6) is 0 Å². The van der Waals surface area contributed by atoms with Gasteiger partial charge in [0.2, 0.25) is 0 Å². The zero-order chi connectivity index (χ0) is 11.1. The summed E-state index contributed by atoms with van der Waals surface area (Å²) < 4.78 is 0. The van der Waals surface area contributed by atoms with Gasteiger partial charge < -0.3 is 0 Å². The zero-order valence-electron chi connectivity index (χ0n) is 9.49. The fourth-order valence-corrected chi connectivity index (χ4v) is 2.37. The molecule has 0 aromatic rings. The van der Waals surface area contributed by atoms with Crippen LogP contribution in [-0.2, 0) is 0 Å². The molecule has 0 N–H and O–H groups in total. The fourth-order valence-electron chi connectivity index (χ4n) is 2.37. The number of hydrogen-bond donors (Lipinski definition) is 0. The molecule has 78 valence electrons. The minimum absolute atomic E-state index is 0.101. The summed E-state index contributed by atoms with van der Waals surface area (Å²) in [6.45, 7) is 8.42. The van der Waals surface area contributed by atoms with Crippen molar-refractivity contribution in [2.45, 2.75) is 19.4 Å². The number of fused-ring (bicyclic) bond motifs is 1. The van der Waals surface area contributed by atoms with Crippen LogP contribution in [0.25, 0.3) is 0 Å². The SMILES string of the molecule is C=C1C=CC=CC2=CC(C)(N=NC)C12C. The molecule has 0 fully saturated rings. The number of nitrogens with zero attached hydrogens (tertiary/aromatic N) is 2. The van der Waals surface area contributed by atoms with Crippen molar-refractivity contribution in [1.29, 1.82) is 0 Å². The molecular weight excluding hydrogens is 184 g/mol. The summed E-state index contributed by atoms with van der Waals surface area (Å²) in [5.41, 5.74) is 2.04. The second kappa shape index (κ2) is 3.02. The summed E-state index contributed by atoms with van der Waals surface area (Å²) in [5.74, 6) is 0. The van der Waals surface area contributed by atoms with E-state index in [4.69, 9.17) is 0 Å². The molecule has 0 amide bonds. The van der Waals surface area contributed by atoms with Crippen molar-refractivity contribution < 1.29 is 0 Å². The lowest BCUT2D eigenvalue weighted by Gasteiger charge is -2.50. The normalized spacial score (nSPS) is 38.6. The van der Waals surface area contributed by atoms with Crippen molar-refractivity contribution in [2.75, 3.05) is 7.05 Å². The first-order chi connectivity index (χ1) is 7.04. The van der Waals surface area contributed by atoms with Crippen molar-refractivity contribution in [1.82, 2.24) is 0 Å². The molecule has 2 aliphatic rings. The Bertz CT molecular complexity index is 426. The first kappa shape index (κ1) is 10.1. The van der Waals surface area contributed by atoms with Crippen molar-refractivity contribution in [3.05, 3.63) is 48.1 Å². The Kier molecular flexibility index (Phi) is 2.03. The van der Waals surface area contributed by atoms with Crippen LogP contribution in [0.4, 0.5) is 0 Å². The van der Waals surface area contributed by atoms with Crippen molar-refractivity contribution in [2.24, 2.45) is 15.6 Å². The van der Waals surface area contributed by atoms with Crippen LogP contribution in [0.15, 0.2) is 58.3 Å². The Morgan fingerprint density at radius 1 is 1.20 bits per heavy atom. The van der Waals surface area contributed by atoms with E-state index < -0.39 is 0 Å². The van der Waals surface area contributed by atoms with Crippen LogP contribution in [0.2, 0.25) is 0 Å². The molecule has 0 saturated carbocycles. The van der Waals surface area contributed by atoms with Gasteiger partial charge in [0.1, 0.15) is 5.54 Å². The molecule has 0 aromatic heterocycles. The first-order valence-electron chi connectivity index (χ1n) is 5.13. The van der Waals surface area contributed by atoms with Crippen molar-refractivity contribution >= 4 is 0 Å². The van der Waals surface area contributed by atoms with Crippen LogP contribution >= 0.6 is 0 Å². The molecule has 0 aromatic carbocycles. The summed E-state index contributed by atoms with van der Waals surface area (Å²) in [7, 11) is 1.71. The highest BCUT2D eigenvalue weighted by Crippen LogP contribution is 2.57. The molecule has 2 heteroatoms. The number of azo groups is 1. The predicted octanol–water partition coefficient (Wildman–Crippen LogP) is 3.46. The van der Waals surface area contributed by atoms with Crippen LogP contribution in [0.1, 0.15) is 13.8 Å². The molecule has 0 aliphatic heterocycles. The summed E-state index contributed by atoms with van der Waals surface area (Å²) in [5, 5.41) is 8.25. The van der Waals surface area contributed by atoms with E-state index in [1.807, 2.05) is 12.2 Å². The smallest absolute Gasteiger partial charge is 0.111 e. The third kappa shape index (κ3) is 1.11. The molecule has 2 rings (SSSR count). The van der Waals surface area contributed by atoms with Gasteiger partial charge in [-0.05, 0) is 25.0 Å². The summed E-state index contributed by atoms with van der Waals surface area (Å²) in [6, 6.07) is 0. The zero-order valence-corrected chi connectivity index (χ0v) is 9.49. The summed E-state index contributed by atoms with van der Waals surface area (Å²) >= 11 is 0. The van der Waals surface area contributed by atoms with Crippen LogP contribution in [0.3, 0.4) is 0 Å². The maximum absolute atomic E-state index is 4.33. The first-order valence-corrected chi connectivity index (χ1v) is 5.13. The molecule has 0 spiro atoms. The van der Waals surface area contributed by atoms with Crippen LogP contribution in [-0.4, -0.2) is 12.6 Å². The minimum Gasteiger partial charge on any atom is -0.197 e. The van der Waals surface area contributed by atoms with Gasteiger partial charge in [-0.1, -0.05) is 37.0 Å². The van der Waals surface area contributed by atoms with Gasteiger partial charge in [0.05, 0.1) is 0 Å². The molecule has 0 saturated heterocycles. The standard InChI is InChI=1S/C13H16N2/c1-10-7-5-6-8-11-9-12(2,15-14-4)13(10,11)3/h5-9H,1H2,2-4H3. The molecule has 2 nitrogen and oxygen atoms in total. The van der Waals surface area contributed by atoms with E-state index in [2.05, 4.69) is 48.9 Å². The molecule has 2 aliphatic carbocycles. The van der Waals surface area contributed by atoms with E-state index in [0.29, 0.717) is 0 Å². The van der Waals surface area contributed by atoms with Gasteiger partial charge in [-0.3, -0.25) is 0 Å². The number of allylic oxidation sites excluding steroid dienone is 4. The van der Waals surface area contributed by atoms with Crippen molar-refractivity contribution in [3.8, 4) is 0 Å².